The highest BCUT2D eigenvalue weighted by atomic mass is 15.3. The summed E-state index contributed by atoms with van der Waals surface area (Å²) in [4.78, 5) is 10.4. The third-order valence-corrected chi connectivity index (χ3v) is 4.16. The van der Waals surface area contributed by atoms with Crippen LogP contribution in [0, 0.1) is 11.3 Å². The van der Waals surface area contributed by atoms with Crippen molar-refractivity contribution in [1.29, 1.82) is 5.26 Å². The van der Waals surface area contributed by atoms with Crippen LogP contribution in [-0.4, -0.2) is 37.7 Å². The van der Waals surface area contributed by atoms with E-state index in [2.05, 4.69) is 26.0 Å². The normalized spacial score (nSPS) is 18.8. The second-order valence-electron chi connectivity index (χ2n) is 5.70. The molecule has 0 aliphatic carbocycles. The van der Waals surface area contributed by atoms with Crippen LogP contribution in [0.2, 0.25) is 0 Å². The molecule has 2 aromatic heterocycles. The van der Waals surface area contributed by atoms with E-state index < -0.39 is 0 Å². The number of imidazole rings is 1. The molecule has 3 aromatic rings. The molecule has 3 heterocycles. The van der Waals surface area contributed by atoms with Crippen LogP contribution < -0.4 is 0 Å². The SMILES string of the molecule is N#Cc1cnn(C2CCN(Cc3nc4ccccc4[nH]3)C2)c1. The average molecular weight is 292 g/mol. The van der Waals surface area contributed by atoms with Gasteiger partial charge in [0.2, 0.25) is 0 Å². The summed E-state index contributed by atoms with van der Waals surface area (Å²) < 4.78 is 1.91. The molecule has 1 aromatic carbocycles. The molecule has 1 saturated heterocycles. The molecule has 1 fully saturated rings. The quantitative estimate of drug-likeness (QED) is 0.802. The summed E-state index contributed by atoms with van der Waals surface area (Å²) in [7, 11) is 0. The fourth-order valence-electron chi connectivity index (χ4n) is 3.06. The number of nitriles is 1. The first-order valence-electron chi connectivity index (χ1n) is 7.42. The van der Waals surface area contributed by atoms with E-state index in [-0.39, 0.29) is 0 Å². The molecule has 22 heavy (non-hydrogen) atoms. The Morgan fingerprint density at radius 1 is 1.36 bits per heavy atom. The summed E-state index contributed by atoms with van der Waals surface area (Å²) in [5.74, 6) is 1.00. The smallest absolute Gasteiger partial charge is 0.121 e. The third-order valence-electron chi connectivity index (χ3n) is 4.16. The number of nitrogens with zero attached hydrogens (tertiary/aromatic N) is 5. The Morgan fingerprint density at radius 3 is 3.09 bits per heavy atom. The third kappa shape index (κ3) is 2.36. The summed E-state index contributed by atoms with van der Waals surface area (Å²) in [6.07, 6.45) is 4.50. The van der Waals surface area contributed by atoms with Gasteiger partial charge in [-0.15, -0.1) is 0 Å². The summed E-state index contributed by atoms with van der Waals surface area (Å²) in [6.45, 7) is 2.77. The summed E-state index contributed by atoms with van der Waals surface area (Å²) in [5, 5.41) is 13.2. The lowest BCUT2D eigenvalue weighted by Gasteiger charge is -2.14. The number of hydrogen-bond donors (Lipinski definition) is 1. The standard InChI is InChI=1S/C16H16N6/c17-7-12-8-18-22(9-12)13-5-6-21(10-13)11-16-19-14-3-1-2-4-15(14)20-16/h1-4,8-9,13H,5-6,10-11H2,(H,19,20). The van der Waals surface area contributed by atoms with E-state index in [1.165, 1.54) is 0 Å². The maximum absolute atomic E-state index is 8.88. The van der Waals surface area contributed by atoms with Crippen molar-refractivity contribution in [2.24, 2.45) is 0 Å². The van der Waals surface area contributed by atoms with Crippen LogP contribution in [0.1, 0.15) is 23.9 Å². The number of nitrogens with one attached hydrogen (secondary N) is 1. The Morgan fingerprint density at radius 2 is 2.27 bits per heavy atom. The summed E-state index contributed by atoms with van der Waals surface area (Å²) >= 11 is 0. The van der Waals surface area contributed by atoms with Crippen LogP contribution in [0.3, 0.4) is 0 Å². The van der Waals surface area contributed by atoms with Crippen molar-refractivity contribution < 1.29 is 0 Å². The van der Waals surface area contributed by atoms with Crippen LogP contribution in [0.4, 0.5) is 0 Å². The van der Waals surface area contributed by atoms with Crippen LogP contribution in [-0.2, 0) is 6.54 Å². The highest BCUT2D eigenvalue weighted by Crippen LogP contribution is 2.23. The van der Waals surface area contributed by atoms with Crippen LogP contribution >= 0.6 is 0 Å². The molecular formula is C16H16N6. The maximum Gasteiger partial charge on any atom is 0.121 e. The van der Waals surface area contributed by atoms with Crippen molar-refractivity contribution in [2.75, 3.05) is 13.1 Å². The number of fused-ring (bicyclic) bond motifs is 1. The number of benzene rings is 1. The van der Waals surface area contributed by atoms with E-state index in [1.54, 1.807) is 6.20 Å². The minimum absolute atomic E-state index is 0.339. The fourth-order valence-corrected chi connectivity index (χ4v) is 3.06. The van der Waals surface area contributed by atoms with Gasteiger partial charge >= 0.3 is 0 Å². The molecule has 0 spiro atoms. The minimum atomic E-state index is 0.339. The zero-order valence-electron chi connectivity index (χ0n) is 12.1. The van der Waals surface area contributed by atoms with Gasteiger partial charge in [-0.05, 0) is 18.6 Å². The first-order chi connectivity index (χ1) is 10.8. The monoisotopic (exact) mass is 292 g/mol. The Kier molecular flexibility index (Phi) is 3.13. The lowest BCUT2D eigenvalue weighted by Crippen LogP contribution is -2.22. The van der Waals surface area contributed by atoms with Crippen LogP contribution in [0.25, 0.3) is 11.0 Å². The largest absolute Gasteiger partial charge is 0.341 e. The Bertz CT molecular complexity index is 807. The number of aromatic amines is 1. The molecule has 6 nitrogen and oxygen atoms in total. The number of aromatic nitrogens is 4. The molecular weight excluding hydrogens is 276 g/mol. The van der Waals surface area contributed by atoms with Gasteiger partial charge in [-0.2, -0.15) is 10.4 Å². The second-order valence-corrected chi connectivity index (χ2v) is 5.70. The maximum atomic E-state index is 8.88. The predicted octanol–water partition coefficient (Wildman–Crippen LogP) is 2.08. The molecule has 110 valence electrons. The highest BCUT2D eigenvalue weighted by molar-refractivity contribution is 5.74. The number of rotatable bonds is 3. The van der Waals surface area contributed by atoms with Gasteiger partial charge in [-0.3, -0.25) is 9.58 Å². The topological polar surface area (TPSA) is 73.5 Å². The first kappa shape index (κ1) is 13.0. The van der Waals surface area contributed by atoms with Crippen molar-refractivity contribution in [3.8, 4) is 6.07 Å². The van der Waals surface area contributed by atoms with Crippen molar-refractivity contribution in [3.63, 3.8) is 0 Å². The van der Waals surface area contributed by atoms with E-state index >= 15 is 0 Å². The van der Waals surface area contributed by atoms with E-state index in [1.807, 2.05) is 35.1 Å². The molecule has 1 N–H and O–H groups in total. The van der Waals surface area contributed by atoms with E-state index in [0.29, 0.717) is 11.6 Å². The minimum Gasteiger partial charge on any atom is -0.341 e. The van der Waals surface area contributed by atoms with Gasteiger partial charge in [0, 0.05) is 19.3 Å². The zero-order chi connectivity index (χ0) is 14.9. The highest BCUT2D eigenvalue weighted by Gasteiger charge is 2.25. The molecule has 0 amide bonds. The molecule has 1 atom stereocenters. The van der Waals surface area contributed by atoms with Gasteiger partial charge in [0.25, 0.3) is 0 Å². The Hall–Kier alpha value is -2.65. The fraction of sp³-hybridized carbons (Fsp3) is 0.312. The first-order valence-corrected chi connectivity index (χ1v) is 7.42. The molecule has 1 aliphatic rings. The van der Waals surface area contributed by atoms with E-state index in [4.69, 9.17) is 5.26 Å². The molecule has 0 radical (unpaired) electrons. The molecule has 1 aliphatic heterocycles. The van der Waals surface area contributed by atoms with Crippen molar-refractivity contribution in [1.82, 2.24) is 24.6 Å². The molecule has 6 heteroatoms. The Labute approximate surface area is 128 Å². The lowest BCUT2D eigenvalue weighted by molar-refractivity contribution is 0.305. The van der Waals surface area contributed by atoms with Gasteiger partial charge in [-0.1, -0.05) is 12.1 Å². The predicted molar refractivity (Wildman–Crippen MR) is 82.0 cm³/mol. The summed E-state index contributed by atoms with van der Waals surface area (Å²) in [6, 6.07) is 10.6. The number of likely N-dealkylation sites (tertiary alicyclic amines) is 1. The van der Waals surface area contributed by atoms with Gasteiger partial charge in [0.05, 0.1) is 35.4 Å². The number of hydrogen-bond acceptors (Lipinski definition) is 4. The van der Waals surface area contributed by atoms with Gasteiger partial charge in [0.1, 0.15) is 11.9 Å². The van der Waals surface area contributed by atoms with Crippen molar-refractivity contribution >= 4 is 11.0 Å². The molecule has 0 bridgehead atoms. The van der Waals surface area contributed by atoms with E-state index in [0.717, 1.165) is 42.9 Å². The molecule has 0 saturated carbocycles. The van der Waals surface area contributed by atoms with Gasteiger partial charge in [-0.25, -0.2) is 4.98 Å². The lowest BCUT2D eigenvalue weighted by atomic mass is 10.3. The molecule has 1 unspecified atom stereocenters. The average Bonchev–Trinajstić information content (AvgIpc) is 3.25. The van der Waals surface area contributed by atoms with Gasteiger partial charge < -0.3 is 4.98 Å². The number of H-pyrrole nitrogens is 1. The van der Waals surface area contributed by atoms with Crippen LogP contribution in [0.5, 0.6) is 0 Å². The Balaban J connectivity index is 1.45. The van der Waals surface area contributed by atoms with Crippen molar-refractivity contribution in [2.45, 2.75) is 19.0 Å². The van der Waals surface area contributed by atoms with Crippen molar-refractivity contribution in [3.05, 3.63) is 48.0 Å². The van der Waals surface area contributed by atoms with E-state index in [9.17, 15) is 0 Å². The number of para-hydroxylation sites is 2. The zero-order valence-corrected chi connectivity index (χ0v) is 12.1. The van der Waals surface area contributed by atoms with Crippen LogP contribution in [0.15, 0.2) is 36.7 Å². The molecule has 4 rings (SSSR count). The second kappa shape index (κ2) is 5.28. The summed E-state index contributed by atoms with van der Waals surface area (Å²) in [5.41, 5.74) is 2.72. The van der Waals surface area contributed by atoms with Gasteiger partial charge in [0.15, 0.2) is 0 Å².